The Labute approximate surface area is 115 Å². The number of nitrogens with one attached hydrogen (secondary N) is 1. The summed E-state index contributed by atoms with van der Waals surface area (Å²) in [7, 11) is 0. The van der Waals surface area contributed by atoms with Crippen LogP contribution < -0.4 is 10.1 Å². The molecule has 0 aliphatic carbocycles. The summed E-state index contributed by atoms with van der Waals surface area (Å²) in [6.07, 6.45) is -4.29. The lowest BCUT2D eigenvalue weighted by Crippen LogP contribution is -2.45. The summed E-state index contributed by atoms with van der Waals surface area (Å²) in [6, 6.07) is 3.77. The number of hydrogen-bond acceptors (Lipinski definition) is 3. The average molecular weight is 286 g/mol. The van der Waals surface area contributed by atoms with E-state index in [1.165, 1.54) is 12.1 Å². The maximum absolute atomic E-state index is 12.8. The van der Waals surface area contributed by atoms with Crippen LogP contribution >= 0.6 is 0 Å². The van der Waals surface area contributed by atoms with Gasteiger partial charge in [0.25, 0.3) is 0 Å². The van der Waals surface area contributed by atoms with Gasteiger partial charge in [0, 0.05) is 44.2 Å². The number of benzene rings is 1. The zero-order chi connectivity index (χ0) is 14.2. The summed E-state index contributed by atoms with van der Waals surface area (Å²) in [5.74, 6) is 0.628. The second-order valence-corrected chi connectivity index (χ2v) is 5.31. The van der Waals surface area contributed by atoms with Crippen LogP contribution in [0.5, 0.6) is 5.75 Å². The Morgan fingerprint density at radius 2 is 2.00 bits per heavy atom. The van der Waals surface area contributed by atoms with Gasteiger partial charge >= 0.3 is 6.18 Å². The van der Waals surface area contributed by atoms with E-state index in [0.717, 1.165) is 38.8 Å². The molecule has 0 saturated carbocycles. The van der Waals surface area contributed by atoms with Crippen LogP contribution in [0.25, 0.3) is 0 Å². The summed E-state index contributed by atoms with van der Waals surface area (Å²) in [6.45, 7) is 4.97. The van der Waals surface area contributed by atoms with Crippen molar-refractivity contribution < 1.29 is 17.9 Å². The third-order valence-corrected chi connectivity index (χ3v) is 3.91. The van der Waals surface area contributed by atoms with Crippen LogP contribution in [0.3, 0.4) is 0 Å². The fourth-order valence-corrected chi connectivity index (χ4v) is 2.81. The molecule has 3 nitrogen and oxygen atoms in total. The molecule has 0 aromatic heterocycles. The Kier molecular flexibility index (Phi) is 3.60. The normalized spacial score (nSPS) is 23.4. The molecule has 3 rings (SSSR count). The number of rotatable bonds is 2. The van der Waals surface area contributed by atoms with E-state index in [1.807, 2.05) is 0 Å². The molecule has 1 saturated heterocycles. The SMILES string of the molecule is FC(F)(F)c1ccc2c(c1)C(CN1CCNCC1)CO2. The van der Waals surface area contributed by atoms with Crippen LogP contribution in [0.15, 0.2) is 18.2 Å². The number of piperazine rings is 1. The molecule has 1 unspecified atom stereocenters. The van der Waals surface area contributed by atoms with Crippen LogP contribution in [0, 0.1) is 0 Å². The van der Waals surface area contributed by atoms with Crippen LogP contribution in [0.1, 0.15) is 17.0 Å². The molecule has 110 valence electrons. The summed E-state index contributed by atoms with van der Waals surface area (Å²) in [4.78, 5) is 2.28. The second-order valence-electron chi connectivity index (χ2n) is 5.31. The smallest absolute Gasteiger partial charge is 0.416 e. The zero-order valence-corrected chi connectivity index (χ0v) is 11.0. The number of fused-ring (bicyclic) bond motifs is 1. The fourth-order valence-electron chi connectivity index (χ4n) is 2.81. The molecule has 1 aromatic carbocycles. The summed E-state index contributed by atoms with van der Waals surface area (Å²) < 4.78 is 43.9. The largest absolute Gasteiger partial charge is 0.493 e. The number of ether oxygens (including phenoxy) is 1. The first-order valence-electron chi connectivity index (χ1n) is 6.81. The fraction of sp³-hybridized carbons (Fsp3) is 0.571. The first kappa shape index (κ1) is 13.7. The van der Waals surface area contributed by atoms with Crippen LogP contribution in [0.2, 0.25) is 0 Å². The van der Waals surface area contributed by atoms with Gasteiger partial charge in [-0.3, -0.25) is 0 Å². The minimum Gasteiger partial charge on any atom is -0.493 e. The Bertz CT molecular complexity index is 484. The predicted molar refractivity (Wildman–Crippen MR) is 69.0 cm³/mol. The quantitative estimate of drug-likeness (QED) is 0.901. The maximum atomic E-state index is 12.8. The van der Waals surface area contributed by atoms with Crippen molar-refractivity contribution in [3.8, 4) is 5.75 Å². The standard InChI is InChI=1S/C14H17F3N2O/c15-14(16,17)11-1-2-13-12(7-11)10(9-20-13)8-19-5-3-18-4-6-19/h1-2,7,10,18H,3-6,8-9H2. The van der Waals surface area contributed by atoms with Crippen molar-refractivity contribution in [1.29, 1.82) is 0 Å². The van der Waals surface area contributed by atoms with Crippen molar-refractivity contribution in [2.45, 2.75) is 12.1 Å². The number of hydrogen-bond donors (Lipinski definition) is 1. The van der Waals surface area contributed by atoms with E-state index in [0.29, 0.717) is 17.9 Å². The highest BCUT2D eigenvalue weighted by atomic mass is 19.4. The zero-order valence-electron chi connectivity index (χ0n) is 11.0. The van der Waals surface area contributed by atoms with Gasteiger partial charge < -0.3 is 15.0 Å². The number of halogens is 3. The third-order valence-electron chi connectivity index (χ3n) is 3.91. The number of nitrogens with zero attached hydrogens (tertiary/aromatic N) is 1. The highest BCUT2D eigenvalue weighted by molar-refractivity contribution is 5.43. The van der Waals surface area contributed by atoms with Gasteiger partial charge in [-0.1, -0.05) is 0 Å². The Hall–Kier alpha value is -1.27. The van der Waals surface area contributed by atoms with Crippen molar-refractivity contribution in [1.82, 2.24) is 10.2 Å². The molecule has 1 fully saturated rings. The molecule has 6 heteroatoms. The summed E-state index contributed by atoms with van der Waals surface area (Å²) >= 11 is 0. The molecule has 0 radical (unpaired) electrons. The first-order chi connectivity index (χ1) is 9.54. The van der Waals surface area contributed by atoms with Gasteiger partial charge in [-0.25, -0.2) is 0 Å². The van der Waals surface area contributed by atoms with E-state index in [4.69, 9.17) is 4.74 Å². The van der Waals surface area contributed by atoms with Gasteiger partial charge in [0.15, 0.2) is 0 Å². The Balaban J connectivity index is 1.77. The molecule has 0 bridgehead atoms. The van der Waals surface area contributed by atoms with E-state index < -0.39 is 11.7 Å². The van der Waals surface area contributed by atoms with Gasteiger partial charge in [-0.05, 0) is 18.2 Å². The molecule has 2 heterocycles. The van der Waals surface area contributed by atoms with E-state index in [-0.39, 0.29) is 5.92 Å². The lowest BCUT2D eigenvalue weighted by atomic mass is 9.98. The van der Waals surface area contributed by atoms with Crippen LogP contribution in [0.4, 0.5) is 13.2 Å². The molecule has 20 heavy (non-hydrogen) atoms. The van der Waals surface area contributed by atoms with E-state index >= 15 is 0 Å². The molecule has 2 aliphatic heterocycles. The van der Waals surface area contributed by atoms with Gasteiger partial charge in [-0.2, -0.15) is 13.2 Å². The van der Waals surface area contributed by atoms with Gasteiger partial charge in [-0.15, -0.1) is 0 Å². The molecular weight excluding hydrogens is 269 g/mol. The lowest BCUT2D eigenvalue weighted by molar-refractivity contribution is -0.137. The van der Waals surface area contributed by atoms with Crippen molar-refractivity contribution in [2.75, 3.05) is 39.3 Å². The molecule has 1 atom stereocenters. The van der Waals surface area contributed by atoms with Crippen LogP contribution in [-0.4, -0.2) is 44.2 Å². The topological polar surface area (TPSA) is 24.5 Å². The van der Waals surface area contributed by atoms with Crippen molar-refractivity contribution in [3.63, 3.8) is 0 Å². The van der Waals surface area contributed by atoms with E-state index in [9.17, 15) is 13.2 Å². The molecular formula is C14H17F3N2O. The highest BCUT2D eigenvalue weighted by Crippen LogP contribution is 2.39. The minimum absolute atomic E-state index is 0.0328. The molecule has 0 amide bonds. The maximum Gasteiger partial charge on any atom is 0.416 e. The second kappa shape index (κ2) is 5.26. The predicted octanol–water partition coefficient (Wildman–Crippen LogP) is 2.09. The third kappa shape index (κ3) is 2.76. The minimum atomic E-state index is -4.29. The van der Waals surface area contributed by atoms with Crippen molar-refractivity contribution in [2.24, 2.45) is 0 Å². The number of alkyl halides is 3. The Morgan fingerprint density at radius 1 is 1.25 bits per heavy atom. The van der Waals surface area contributed by atoms with E-state index in [1.54, 1.807) is 0 Å². The van der Waals surface area contributed by atoms with Crippen molar-refractivity contribution >= 4 is 0 Å². The highest BCUT2D eigenvalue weighted by Gasteiger charge is 2.34. The Morgan fingerprint density at radius 3 is 2.70 bits per heavy atom. The van der Waals surface area contributed by atoms with E-state index in [2.05, 4.69) is 10.2 Å². The molecule has 1 N–H and O–H groups in total. The average Bonchev–Trinajstić information content (AvgIpc) is 2.82. The van der Waals surface area contributed by atoms with Crippen molar-refractivity contribution in [3.05, 3.63) is 29.3 Å². The summed E-state index contributed by atoms with van der Waals surface area (Å²) in [5.41, 5.74) is 0.102. The molecule has 2 aliphatic rings. The molecule has 1 aromatic rings. The van der Waals surface area contributed by atoms with Crippen LogP contribution in [-0.2, 0) is 6.18 Å². The first-order valence-corrected chi connectivity index (χ1v) is 6.81. The molecule has 0 spiro atoms. The van der Waals surface area contributed by atoms with Gasteiger partial charge in [0.05, 0.1) is 12.2 Å². The van der Waals surface area contributed by atoms with Gasteiger partial charge in [0.2, 0.25) is 0 Å². The summed E-state index contributed by atoms with van der Waals surface area (Å²) in [5, 5.41) is 3.27. The monoisotopic (exact) mass is 286 g/mol. The van der Waals surface area contributed by atoms with Gasteiger partial charge in [0.1, 0.15) is 5.75 Å². The lowest BCUT2D eigenvalue weighted by Gasteiger charge is -2.29.